The lowest BCUT2D eigenvalue weighted by Crippen LogP contribution is -2.52. The number of carbonyl (C=O) groups is 1. The Labute approximate surface area is 123 Å². The number of nitrogens with zero attached hydrogens (tertiary/aromatic N) is 1. The molecule has 2 heterocycles. The first-order valence-electron chi connectivity index (χ1n) is 7.26. The van der Waals surface area contributed by atoms with E-state index < -0.39 is 12.0 Å². The summed E-state index contributed by atoms with van der Waals surface area (Å²) in [6.07, 6.45) is 0.772. The van der Waals surface area contributed by atoms with E-state index in [-0.39, 0.29) is 17.9 Å². The molecule has 2 saturated heterocycles. The van der Waals surface area contributed by atoms with Crippen molar-refractivity contribution in [1.82, 2.24) is 10.2 Å². The van der Waals surface area contributed by atoms with Gasteiger partial charge in [-0.1, -0.05) is 12.1 Å². The smallest absolute Gasteiger partial charge is 0.322 e. The molecule has 2 aliphatic heterocycles. The fourth-order valence-corrected chi connectivity index (χ4v) is 3.20. The topological polar surface area (TPSA) is 82.0 Å². The first-order chi connectivity index (χ1) is 10.1. The second-order valence-electron chi connectivity index (χ2n) is 5.57. The first-order valence-corrected chi connectivity index (χ1v) is 7.26. The molecule has 21 heavy (non-hydrogen) atoms. The van der Waals surface area contributed by atoms with E-state index in [2.05, 4.69) is 10.2 Å². The molecule has 0 aromatic heterocycles. The molecule has 6 nitrogen and oxygen atoms in total. The zero-order chi connectivity index (χ0) is 14.8. The maximum Gasteiger partial charge on any atom is 0.322 e. The van der Waals surface area contributed by atoms with Gasteiger partial charge in [0.2, 0.25) is 0 Å². The number of rotatable bonds is 3. The highest BCUT2D eigenvalue weighted by molar-refractivity contribution is 5.75. The van der Waals surface area contributed by atoms with Crippen LogP contribution in [0.5, 0.6) is 5.75 Å². The van der Waals surface area contributed by atoms with Gasteiger partial charge in [-0.05, 0) is 30.7 Å². The third kappa shape index (κ3) is 3.02. The normalized spacial score (nSPS) is 30.4. The van der Waals surface area contributed by atoms with Crippen LogP contribution < -0.4 is 5.32 Å². The summed E-state index contributed by atoms with van der Waals surface area (Å²) in [4.78, 5) is 13.5. The Hall–Kier alpha value is -1.63. The van der Waals surface area contributed by atoms with E-state index >= 15 is 0 Å². The summed E-state index contributed by atoms with van der Waals surface area (Å²) in [7, 11) is 0. The van der Waals surface area contributed by atoms with Crippen molar-refractivity contribution in [3.05, 3.63) is 29.8 Å². The van der Waals surface area contributed by atoms with Crippen LogP contribution in [0.2, 0.25) is 0 Å². The SMILES string of the molecule is O=C(O)[C@H]1NCCC1N1CCOC(c2ccc(O)cc2)C1. The average molecular weight is 292 g/mol. The summed E-state index contributed by atoms with van der Waals surface area (Å²) in [6, 6.07) is 6.52. The van der Waals surface area contributed by atoms with Gasteiger partial charge in [0.1, 0.15) is 11.8 Å². The standard InChI is InChI=1S/C15H20N2O4/c18-11-3-1-10(2-4-11)13-9-17(7-8-21-13)12-5-6-16-14(12)15(19)20/h1-4,12-14,16,18H,5-9H2,(H,19,20)/t12?,13?,14-/m0/s1. The molecule has 2 fully saturated rings. The minimum atomic E-state index is -0.787. The molecule has 0 spiro atoms. The van der Waals surface area contributed by atoms with E-state index in [1.165, 1.54) is 0 Å². The Morgan fingerprint density at radius 3 is 2.81 bits per heavy atom. The summed E-state index contributed by atoms with van der Waals surface area (Å²) in [5, 5.41) is 21.7. The number of morpholine rings is 1. The Morgan fingerprint density at radius 1 is 1.33 bits per heavy atom. The van der Waals surface area contributed by atoms with Gasteiger partial charge in [-0.3, -0.25) is 9.69 Å². The molecule has 114 valence electrons. The van der Waals surface area contributed by atoms with Crippen molar-refractivity contribution in [2.75, 3.05) is 26.2 Å². The average Bonchev–Trinajstić information content (AvgIpc) is 2.98. The first kappa shape index (κ1) is 14.3. The van der Waals surface area contributed by atoms with Crippen LogP contribution in [0, 0.1) is 0 Å². The fourth-order valence-electron chi connectivity index (χ4n) is 3.20. The van der Waals surface area contributed by atoms with E-state index in [9.17, 15) is 15.0 Å². The Bertz CT molecular complexity index is 505. The summed E-state index contributed by atoms with van der Waals surface area (Å²) < 4.78 is 5.80. The van der Waals surface area contributed by atoms with Crippen LogP contribution in [-0.4, -0.2) is 59.4 Å². The van der Waals surface area contributed by atoms with Crippen LogP contribution in [0.15, 0.2) is 24.3 Å². The number of hydrogen-bond donors (Lipinski definition) is 3. The third-order valence-electron chi connectivity index (χ3n) is 4.29. The molecular weight excluding hydrogens is 272 g/mol. The van der Waals surface area contributed by atoms with Crippen LogP contribution in [-0.2, 0) is 9.53 Å². The van der Waals surface area contributed by atoms with Crippen molar-refractivity contribution in [3.63, 3.8) is 0 Å². The minimum Gasteiger partial charge on any atom is -0.508 e. The number of phenols is 1. The van der Waals surface area contributed by atoms with Crippen molar-refractivity contribution in [1.29, 1.82) is 0 Å². The van der Waals surface area contributed by atoms with Crippen molar-refractivity contribution in [2.24, 2.45) is 0 Å². The Morgan fingerprint density at radius 2 is 2.10 bits per heavy atom. The number of aliphatic carboxylic acids is 1. The Kier molecular flexibility index (Phi) is 4.10. The van der Waals surface area contributed by atoms with Gasteiger partial charge < -0.3 is 20.3 Å². The van der Waals surface area contributed by atoms with Crippen LogP contribution in [0.3, 0.4) is 0 Å². The number of carboxylic acid groups (broad SMARTS) is 1. The molecule has 2 aliphatic rings. The molecule has 1 aromatic rings. The van der Waals surface area contributed by atoms with Crippen molar-refractivity contribution in [3.8, 4) is 5.75 Å². The molecule has 0 bridgehead atoms. The van der Waals surface area contributed by atoms with Gasteiger partial charge in [-0.25, -0.2) is 0 Å². The van der Waals surface area contributed by atoms with E-state index in [4.69, 9.17) is 4.74 Å². The van der Waals surface area contributed by atoms with Gasteiger partial charge >= 0.3 is 5.97 Å². The molecule has 0 amide bonds. The number of aromatic hydroxyl groups is 1. The van der Waals surface area contributed by atoms with Gasteiger partial charge in [0.15, 0.2) is 0 Å². The number of ether oxygens (including phenoxy) is 1. The fraction of sp³-hybridized carbons (Fsp3) is 0.533. The lowest BCUT2D eigenvalue weighted by molar-refractivity contribution is -0.141. The van der Waals surface area contributed by atoms with Gasteiger partial charge in [-0.15, -0.1) is 0 Å². The third-order valence-corrected chi connectivity index (χ3v) is 4.29. The van der Waals surface area contributed by atoms with Gasteiger partial charge in [0.25, 0.3) is 0 Å². The number of hydrogen-bond acceptors (Lipinski definition) is 5. The second kappa shape index (κ2) is 6.01. The highest BCUT2D eigenvalue weighted by Crippen LogP contribution is 2.27. The van der Waals surface area contributed by atoms with E-state index in [1.807, 2.05) is 12.1 Å². The highest BCUT2D eigenvalue weighted by Gasteiger charge is 2.38. The number of benzene rings is 1. The van der Waals surface area contributed by atoms with E-state index in [0.717, 1.165) is 25.1 Å². The highest BCUT2D eigenvalue weighted by atomic mass is 16.5. The molecule has 2 unspecified atom stereocenters. The second-order valence-corrected chi connectivity index (χ2v) is 5.57. The lowest BCUT2D eigenvalue weighted by atomic mass is 10.0. The molecule has 6 heteroatoms. The van der Waals surface area contributed by atoms with Crippen LogP contribution >= 0.6 is 0 Å². The van der Waals surface area contributed by atoms with Crippen LogP contribution in [0.25, 0.3) is 0 Å². The Balaban J connectivity index is 1.71. The van der Waals surface area contributed by atoms with Gasteiger partial charge in [0.05, 0.1) is 12.7 Å². The summed E-state index contributed by atoms with van der Waals surface area (Å²) in [5.41, 5.74) is 1.01. The molecule has 0 aliphatic carbocycles. The molecular formula is C15H20N2O4. The lowest BCUT2D eigenvalue weighted by Gasteiger charge is -2.38. The molecule has 3 atom stereocenters. The largest absolute Gasteiger partial charge is 0.508 e. The predicted molar refractivity (Wildman–Crippen MR) is 76.2 cm³/mol. The predicted octanol–water partition coefficient (Wildman–Crippen LogP) is 0.581. The van der Waals surface area contributed by atoms with E-state index in [0.29, 0.717) is 13.2 Å². The maximum atomic E-state index is 11.3. The summed E-state index contributed by atoms with van der Waals surface area (Å²) in [5.74, 6) is -0.553. The van der Waals surface area contributed by atoms with Gasteiger partial charge in [-0.2, -0.15) is 0 Å². The maximum absolute atomic E-state index is 11.3. The van der Waals surface area contributed by atoms with Crippen molar-refractivity contribution >= 4 is 5.97 Å². The van der Waals surface area contributed by atoms with Crippen molar-refractivity contribution < 1.29 is 19.7 Å². The summed E-state index contributed by atoms with van der Waals surface area (Å²) >= 11 is 0. The zero-order valence-corrected chi connectivity index (χ0v) is 11.7. The molecule has 1 aromatic carbocycles. The quantitative estimate of drug-likeness (QED) is 0.756. The van der Waals surface area contributed by atoms with E-state index in [1.54, 1.807) is 12.1 Å². The van der Waals surface area contributed by atoms with Crippen molar-refractivity contribution in [2.45, 2.75) is 24.6 Å². The molecule has 0 saturated carbocycles. The zero-order valence-electron chi connectivity index (χ0n) is 11.7. The van der Waals surface area contributed by atoms with Gasteiger partial charge in [0, 0.05) is 19.1 Å². The number of carboxylic acids is 1. The van der Waals surface area contributed by atoms with Crippen LogP contribution in [0.4, 0.5) is 0 Å². The molecule has 3 N–H and O–H groups in total. The minimum absolute atomic E-state index is 0.0195. The summed E-state index contributed by atoms with van der Waals surface area (Å²) in [6.45, 7) is 2.77. The molecule has 0 radical (unpaired) electrons. The number of nitrogens with one attached hydrogen (secondary N) is 1. The number of phenolic OH excluding ortho intramolecular Hbond substituents is 1. The molecule has 3 rings (SSSR count). The monoisotopic (exact) mass is 292 g/mol. The van der Waals surface area contributed by atoms with Crippen LogP contribution in [0.1, 0.15) is 18.1 Å².